The van der Waals surface area contributed by atoms with E-state index in [9.17, 15) is 14.7 Å². The van der Waals surface area contributed by atoms with Crippen LogP contribution in [0.3, 0.4) is 0 Å². The molecule has 6 heteroatoms. The largest absolute Gasteiger partial charge is 0.480 e. The van der Waals surface area contributed by atoms with Crippen molar-refractivity contribution in [1.29, 1.82) is 0 Å². The molecule has 0 saturated heterocycles. The number of carboxylic acid groups (broad SMARTS) is 2. The fourth-order valence-corrected chi connectivity index (χ4v) is 2.64. The zero-order chi connectivity index (χ0) is 13.3. The summed E-state index contributed by atoms with van der Waals surface area (Å²) < 4.78 is 0. The quantitative estimate of drug-likeness (QED) is 0.611. The van der Waals surface area contributed by atoms with E-state index in [-0.39, 0.29) is 6.42 Å². The van der Waals surface area contributed by atoms with Crippen LogP contribution in [0.1, 0.15) is 12.8 Å². The smallest absolute Gasteiger partial charge is 0.331 e. The molecule has 0 fully saturated rings. The predicted octanol–water partition coefficient (Wildman–Crippen LogP) is 2.26. The minimum Gasteiger partial charge on any atom is -0.480 e. The highest BCUT2D eigenvalue weighted by Crippen LogP contribution is 2.48. The molecule has 3 atom stereocenters. The highest BCUT2D eigenvalue weighted by atomic mass is 35.5. The Bertz CT molecular complexity index is 393. The lowest BCUT2D eigenvalue weighted by atomic mass is 9.73. The number of carbonyl (C=O) groups is 2. The van der Waals surface area contributed by atoms with Gasteiger partial charge in [-0.2, -0.15) is 0 Å². The van der Waals surface area contributed by atoms with Crippen molar-refractivity contribution in [1.82, 2.24) is 0 Å². The van der Waals surface area contributed by atoms with E-state index in [2.05, 4.69) is 6.58 Å². The minimum atomic E-state index is -2.15. The Kier molecular flexibility index (Phi) is 3.89. The summed E-state index contributed by atoms with van der Waals surface area (Å²) in [6.07, 6.45) is 4.81. The number of aliphatic carboxylic acids is 2. The summed E-state index contributed by atoms with van der Waals surface area (Å²) in [7, 11) is 0. The zero-order valence-corrected chi connectivity index (χ0v) is 10.4. The first-order chi connectivity index (χ1) is 7.80. The van der Waals surface area contributed by atoms with Gasteiger partial charge in [-0.05, 0) is 18.8 Å². The summed E-state index contributed by atoms with van der Waals surface area (Å²) in [6.45, 7) is 3.51. The predicted molar refractivity (Wildman–Crippen MR) is 64.5 cm³/mol. The summed E-state index contributed by atoms with van der Waals surface area (Å²) >= 11 is 12.0. The lowest BCUT2D eigenvalue weighted by molar-refractivity contribution is -0.150. The van der Waals surface area contributed by atoms with E-state index < -0.39 is 27.6 Å². The summed E-state index contributed by atoms with van der Waals surface area (Å²) in [5.74, 6) is -3.52. The van der Waals surface area contributed by atoms with Crippen LogP contribution in [-0.4, -0.2) is 31.9 Å². The van der Waals surface area contributed by atoms with Crippen LogP contribution < -0.4 is 0 Å². The SMILES string of the molecule is C=CCC1CC=CC(Cl)(C(=O)O)C1(Cl)C(=O)O. The fourth-order valence-electron chi connectivity index (χ4n) is 1.99. The van der Waals surface area contributed by atoms with E-state index in [1.165, 1.54) is 6.08 Å². The zero-order valence-electron chi connectivity index (χ0n) is 8.90. The Labute approximate surface area is 109 Å². The third-order valence-electron chi connectivity index (χ3n) is 2.93. The molecule has 1 rings (SSSR count). The third-order valence-corrected chi connectivity index (χ3v) is 4.38. The molecule has 0 amide bonds. The Hall–Kier alpha value is -1.00. The first-order valence-corrected chi connectivity index (χ1v) is 5.69. The molecule has 17 heavy (non-hydrogen) atoms. The Balaban J connectivity index is 3.35. The Morgan fingerprint density at radius 3 is 2.41 bits per heavy atom. The third kappa shape index (κ3) is 1.96. The molecule has 1 aliphatic rings. The van der Waals surface area contributed by atoms with E-state index in [0.717, 1.165) is 6.08 Å². The first kappa shape index (κ1) is 14.1. The van der Waals surface area contributed by atoms with Gasteiger partial charge in [0.1, 0.15) is 0 Å². The number of carboxylic acids is 2. The molecule has 4 nitrogen and oxygen atoms in total. The molecule has 94 valence electrons. The number of rotatable bonds is 4. The van der Waals surface area contributed by atoms with Gasteiger partial charge in [0.25, 0.3) is 0 Å². The number of halogens is 2. The first-order valence-electron chi connectivity index (χ1n) is 4.94. The molecule has 0 radical (unpaired) electrons. The van der Waals surface area contributed by atoms with Crippen molar-refractivity contribution >= 4 is 35.1 Å². The molecule has 0 aromatic carbocycles. The average Bonchev–Trinajstić information content (AvgIpc) is 2.24. The van der Waals surface area contributed by atoms with Gasteiger partial charge in [-0.25, -0.2) is 4.79 Å². The van der Waals surface area contributed by atoms with Crippen LogP contribution in [0.15, 0.2) is 24.8 Å². The molecule has 2 N–H and O–H groups in total. The molecule has 0 aromatic heterocycles. The van der Waals surface area contributed by atoms with Crippen LogP contribution in [0.4, 0.5) is 0 Å². The fraction of sp³-hybridized carbons (Fsp3) is 0.455. The van der Waals surface area contributed by atoms with Gasteiger partial charge < -0.3 is 10.2 Å². The topological polar surface area (TPSA) is 74.6 Å². The van der Waals surface area contributed by atoms with Gasteiger partial charge in [0.05, 0.1) is 0 Å². The summed E-state index contributed by atoms with van der Waals surface area (Å²) in [5, 5.41) is 18.3. The van der Waals surface area contributed by atoms with Gasteiger partial charge in [0.2, 0.25) is 0 Å². The summed E-state index contributed by atoms with van der Waals surface area (Å²) in [5.41, 5.74) is 0. The van der Waals surface area contributed by atoms with Crippen LogP contribution in [0.25, 0.3) is 0 Å². The van der Waals surface area contributed by atoms with Gasteiger partial charge >= 0.3 is 11.9 Å². The Morgan fingerprint density at radius 1 is 1.41 bits per heavy atom. The van der Waals surface area contributed by atoms with Crippen LogP contribution in [0.2, 0.25) is 0 Å². The van der Waals surface area contributed by atoms with E-state index in [1.807, 2.05) is 0 Å². The molecule has 0 aliphatic heterocycles. The second-order valence-corrected chi connectivity index (χ2v) is 5.09. The normalized spacial score (nSPS) is 36.5. The summed E-state index contributed by atoms with van der Waals surface area (Å²) in [4.78, 5) is 18.3. The van der Waals surface area contributed by atoms with E-state index in [0.29, 0.717) is 6.42 Å². The van der Waals surface area contributed by atoms with Gasteiger partial charge in [-0.15, -0.1) is 18.2 Å². The number of allylic oxidation sites excluding steroid dienone is 2. The highest BCUT2D eigenvalue weighted by molar-refractivity contribution is 6.48. The molecule has 0 spiro atoms. The van der Waals surface area contributed by atoms with E-state index >= 15 is 0 Å². The number of hydrogen-bond donors (Lipinski definition) is 2. The highest BCUT2D eigenvalue weighted by Gasteiger charge is 2.63. The van der Waals surface area contributed by atoms with Gasteiger partial charge in [0, 0.05) is 0 Å². The van der Waals surface area contributed by atoms with Crippen LogP contribution in [-0.2, 0) is 9.59 Å². The van der Waals surface area contributed by atoms with Crippen LogP contribution in [0, 0.1) is 5.92 Å². The molecule has 0 heterocycles. The standard InChI is InChI=1S/C11H12Cl2O4/c1-2-4-7-5-3-6-10(12,8(14)15)11(7,13)9(16)17/h2-3,6-7H,1,4-5H2,(H,14,15)(H,16,17). The van der Waals surface area contributed by atoms with Crippen molar-refractivity contribution in [2.75, 3.05) is 0 Å². The van der Waals surface area contributed by atoms with Crippen LogP contribution >= 0.6 is 23.2 Å². The molecule has 0 saturated carbocycles. The van der Waals surface area contributed by atoms with Gasteiger partial charge in [-0.3, -0.25) is 4.79 Å². The van der Waals surface area contributed by atoms with Crippen molar-refractivity contribution in [2.45, 2.75) is 22.6 Å². The monoisotopic (exact) mass is 278 g/mol. The molecule has 0 bridgehead atoms. The lowest BCUT2D eigenvalue weighted by Gasteiger charge is -2.41. The Morgan fingerprint density at radius 2 is 2.00 bits per heavy atom. The summed E-state index contributed by atoms with van der Waals surface area (Å²) in [6, 6.07) is 0. The van der Waals surface area contributed by atoms with Crippen molar-refractivity contribution < 1.29 is 19.8 Å². The molecular weight excluding hydrogens is 267 g/mol. The maximum absolute atomic E-state index is 11.3. The number of alkyl halides is 2. The van der Waals surface area contributed by atoms with Gasteiger partial charge in [-0.1, -0.05) is 29.8 Å². The molecule has 1 aliphatic carbocycles. The lowest BCUT2D eigenvalue weighted by Crippen LogP contribution is -2.61. The number of hydrogen-bond acceptors (Lipinski definition) is 2. The second kappa shape index (κ2) is 4.70. The average molecular weight is 279 g/mol. The van der Waals surface area contributed by atoms with Gasteiger partial charge in [0.15, 0.2) is 9.75 Å². The molecular formula is C11H12Cl2O4. The maximum atomic E-state index is 11.3. The van der Waals surface area contributed by atoms with E-state index in [4.69, 9.17) is 28.3 Å². The van der Waals surface area contributed by atoms with Crippen molar-refractivity contribution in [2.24, 2.45) is 5.92 Å². The van der Waals surface area contributed by atoms with Crippen molar-refractivity contribution in [3.63, 3.8) is 0 Å². The van der Waals surface area contributed by atoms with E-state index in [1.54, 1.807) is 6.08 Å². The molecule has 0 aromatic rings. The second-order valence-electron chi connectivity index (χ2n) is 3.89. The molecule has 3 unspecified atom stereocenters. The maximum Gasteiger partial charge on any atom is 0.331 e. The van der Waals surface area contributed by atoms with Crippen molar-refractivity contribution in [3.05, 3.63) is 24.8 Å². The minimum absolute atomic E-state index is 0.280. The van der Waals surface area contributed by atoms with Crippen LogP contribution in [0.5, 0.6) is 0 Å². The van der Waals surface area contributed by atoms with Crippen molar-refractivity contribution in [3.8, 4) is 0 Å².